The van der Waals surface area contributed by atoms with Crippen LogP contribution in [0.1, 0.15) is 29.8 Å². The van der Waals surface area contributed by atoms with Gasteiger partial charge in [-0.05, 0) is 25.0 Å². The lowest BCUT2D eigenvalue weighted by Crippen LogP contribution is -2.40. The van der Waals surface area contributed by atoms with Crippen molar-refractivity contribution in [3.63, 3.8) is 0 Å². The van der Waals surface area contributed by atoms with Gasteiger partial charge in [0.15, 0.2) is 5.76 Å². The summed E-state index contributed by atoms with van der Waals surface area (Å²) < 4.78 is 9.64. The molecule has 0 aliphatic heterocycles. The van der Waals surface area contributed by atoms with Gasteiger partial charge >= 0.3 is 5.97 Å². The van der Waals surface area contributed by atoms with Gasteiger partial charge in [-0.2, -0.15) is 0 Å². The molecule has 0 saturated heterocycles. The van der Waals surface area contributed by atoms with E-state index >= 15 is 0 Å². The van der Waals surface area contributed by atoms with Crippen molar-refractivity contribution in [1.29, 1.82) is 0 Å². The first-order valence-corrected chi connectivity index (χ1v) is 5.61. The molecule has 1 aliphatic rings. The third-order valence-corrected chi connectivity index (χ3v) is 2.69. The number of carbonyl (C=O) groups is 2. The molecule has 1 unspecified atom stereocenters. The number of esters is 1. The van der Waals surface area contributed by atoms with Crippen LogP contribution in [0, 0.1) is 0 Å². The van der Waals surface area contributed by atoms with Gasteiger partial charge < -0.3 is 14.5 Å². The average molecular weight is 237 g/mol. The summed E-state index contributed by atoms with van der Waals surface area (Å²) in [5, 5.41) is 3.13. The molecule has 0 radical (unpaired) electrons. The number of ketones is 1. The SMILES string of the molecule is COC(=O)CC(NC1CC1)C(=O)c1ccco1. The normalized spacial score (nSPS) is 16.5. The fraction of sp³-hybridized carbons (Fsp3) is 0.500. The summed E-state index contributed by atoms with van der Waals surface area (Å²) in [5.74, 6) is -0.331. The van der Waals surface area contributed by atoms with Crippen molar-refractivity contribution in [2.75, 3.05) is 7.11 Å². The molecule has 5 nitrogen and oxygen atoms in total. The van der Waals surface area contributed by atoms with Crippen molar-refractivity contribution in [2.45, 2.75) is 31.3 Å². The van der Waals surface area contributed by atoms with Gasteiger partial charge in [0.25, 0.3) is 0 Å². The minimum absolute atomic E-state index is 0.0343. The summed E-state index contributed by atoms with van der Waals surface area (Å²) in [6.07, 6.45) is 3.57. The van der Waals surface area contributed by atoms with Crippen LogP contribution in [-0.2, 0) is 9.53 Å². The first-order valence-electron chi connectivity index (χ1n) is 5.61. The zero-order valence-electron chi connectivity index (χ0n) is 9.64. The fourth-order valence-electron chi connectivity index (χ4n) is 1.60. The number of rotatable bonds is 6. The largest absolute Gasteiger partial charge is 0.469 e. The smallest absolute Gasteiger partial charge is 0.307 e. The molecule has 1 heterocycles. The highest BCUT2D eigenvalue weighted by atomic mass is 16.5. The first-order chi connectivity index (χ1) is 8.20. The van der Waals surface area contributed by atoms with E-state index in [4.69, 9.17) is 4.42 Å². The highest BCUT2D eigenvalue weighted by molar-refractivity contribution is 5.99. The minimum Gasteiger partial charge on any atom is -0.469 e. The molecule has 0 spiro atoms. The van der Waals surface area contributed by atoms with Crippen molar-refractivity contribution in [3.05, 3.63) is 24.2 Å². The number of hydrogen-bond donors (Lipinski definition) is 1. The van der Waals surface area contributed by atoms with Gasteiger partial charge in [-0.1, -0.05) is 0 Å². The second-order valence-electron chi connectivity index (χ2n) is 4.12. The average Bonchev–Trinajstić information content (AvgIpc) is 2.97. The summed E-state index contributed by atoms with van der Waals surface area (Å²) >= 11 is 0. The lowest BCUT2D eigenvalue weighted by Gasteiger charge is -2.14. The molecular weight excluding hydrogens is 222 g/mol. The summed E-state index contributed by atoms with van der Waals surface area (Å²) in [5.41, 5.74) is 0. The van der Waals surface area contributed by atoms with Crippen molar-refractivity contribution in [1.82, 2.24) is 5.32 Å². The van der Waals surface area contributed by atoms with Crippen LogP contribution in [0.15, 0.2) is 22.8 Å². The third-order valence-electron chi connectivity index (χ3n) is 2.69. The number of hydrogen-bond acceptors (Lipinski definition) is 5. The van der Waals surface area contributed by atoms with E-state index in [9.17, 15) is 9.59 Å². The second-order valence-corrected chi connectivity index (χ2v) is 4.12. The zero-order valence-corrected chi connectivity index (χ0v) is 9.64. The van der Waals surface area contributed by atoms with E-state index in [-0.39, 0.29) is 18.0 Å². The molecule has 5 heteroatoms. The highest BCUT2D eigenvalue weighted by Gasteiger charge is 2.31. The van der Waals surface area contributed by atoms with Crippen LogP contribution >= 0.6 is 0 Å². The van der Waals surface area contributed by atoms with Gasteiger partial charge in [0.05, 0.1) is 25.8 Å². The Hall–Kier alpha value is -1.62. The Labute approximate surface area is 99.1 Å². The van der Waals surface area contributed by atoms with Crippen molar-refractivity contribution < 1.29 is 18.7 Å². The molecule has 0 bridgehead atoms. The number of Topliss-reactive ketones (excluding diaryl/α,β-unsaturated/α-hetero) is 1. The number of ether oxygens (including phenoxy) is 1. The molecule has 1 aromatic rings. The molecule has 1 atom stereocenters. The Bertz CT molecular complexity index is 395. The topological polar surface area (TPSA) is 68.5 Å². The van der Waals surface area contributed by atoms with Crippen LogP contribution in [0.25, 0.3) is 0 Å². The monoisotopic (exact) mass is 237 g/mol. The van der Waals surface area contributed by atoms with E-state index in [1.807, 2.05) is 0 Å². The molecule has 1 fully saturated rings. The summed E-state index contributed by atoms with van der Waals surface area (Å²) in [7, 11) is 1.31. The lowest BCUT2D eigenvalue weighted by molar-refractivity contribution is -0.141. The van der Waals surface area contributed by atoms with Gasteiger partial charge in [0.2, 0.25) is 5.78 Å². The summed E-state index contributed by atoms with van der Waals surface area (Å²) in [4.78, 5) is 23.3. The molecule has 1 aromatic heterocycles. The Kier molecular flexibility index (Phi) is 3.58. The van der Waals surface area contributed by atoms with Crippen LogP contribution in [0.4, 0.5) is 0 Å². The molecule has 0 aromatic carbocycles. The predicted octanol–water partition coefficient (Wildman–Crippen LogP) is 1.15. The van der Waals surface area contributed by atoms with Crippen molar-refractivity contribution in [2.24, 2.45) is 0 Å². The number of carbonyl (C=O) groups excluding carboxylic acids is 2. The van der Waals surface area contributed by atoms with Crippen LogP contribution in [0.2, 0.25) is 0 Å². The molecule has 1 saturated carbocycles. The van der Waals surface area contributed by atoms with E-state index in [2.05, 4.69) is 10.1 Å². The van der Waals surface area contributed by atoms with Gasteiger partial charge in [0, 0.05) is 6.04 Å². The maximum Gasteiger partial charge on any atom is 0.307 e. The molecule has 92 valence electrons. The van der Waals surface area contributed by atoms with Crippen molar-refractivity contribution in [3.8, 4) is 0 Å². The Morgan fingerprint density at radius 2 is 2.35 bits per heavy atom. The fourth-order valence-corrected chi connectivity index (χ4v) is 1.60. The van der Waals surface area contributed by atoms with E-state index in [1.54, 1.807) is 12.1 Å². The van der Waals surface area contributed by atoms with Crippen LogP contribution < -0.4 is 5.32 Å². The second kappa shape index (κ2) is 5.14. The van der Waals surface area contributed by atoms with Gasteiger partial charge in [-0.25, -0.2) is 0 Å². The number of furan rings is 1. The first kappa shape index (κ1) is 11.9. The Morgan fingerprint density at radius 3 is 2.88 bits per heavy atom. The zero-order chi connectivity index (χ0) is 12.3. The Balaban J connectivity index is 2.03. The number of nitrogens with one attached hydrogen (secondary N) is 1. The van der Waals surface area contributed by atoms with Gasteiger partial charge in [0.1, 0.15) is 0 Å². The molecule has 2 rings (SSSR count). The highest BCUT2D eigenvalue weighted by Crippen LogP contribution is 2.21. The van der Waals surface area contributed by atoms with E-state index in [0.717, 1.165) is 12.8 Å². The quantitative estimate of drug-likeness (QED) is 0.593. The summed E-state index contributed by atoms with van der Waals surface area (Å²) in [6, 6.07) is 3.03. The maximum atomic E-state index is 12.1. The lowest BCUT2D eigenvalue weighted by atomic mass is 10.1. The molecule has 1 N–H and O–H groups in total. The Morgan fingerprint density at radius 1 is 1.59 bits per heavy atom. The standard InChI is InChI=1S/C12H15NO4/c1-16-11(14)7-9(13-8-4-5-8)12(15)10-3-2-6-17-10/h2-3,6,8-9,13H,4-5,7H2,1H3. The van der Waals surface area contributed by atoms with E-state index in [1.165, 1.54) is 13.4 Å². The minimum atomic E-state index is -0.555. The van der Waals surface area contributed by atoms with Crippen LogP contribution in [-0.4, -0.2) is 30.9 Å². The maximum absolute atomic E-state index is 12.1. The predicted molar refractivity (Wildman–Crippen MR) is 59.6 cm³/mol. The van der Waals surface area contributed by atoms with Gasteiger partial charge in [-0.15, -0.1) is 0 Å². The van der Waals surface area contributed by atoms with E-state index < -0.39 is 12.0 Å². The molecular formula is C12H15NO4. The summed E-state index contributed by atoms with van der Waals surface area (Å²) in [6.45, 7) is 0. The van der Waals surface area contributed by atoms with Crippen LogP contribution in [0.5, 0.6) is 0 Å². The third kappa shape index (κ3) is 3.17. The molecule has 1 aliphatic carbocycles. The van der Waals surface area contributed by atoms with Gasteiger partial charge in [-0.3, -0.25) is 9.59 Å². The number of methoxy groups -OCH3 is 1. The van der Waals surface area contributed by atoms with Crippen molar-refractivity contribution >= 4 is 11.8 Å². The van der Waals surface area contributed by atoms with Crippen LogP contribution in [0.3, 0.4) is 0 Å². The van der Waals surface area contributed by atoms with E-state index in [0.29, 0.717) is 6.04 Å². The molecule has 0 amide bonds. The molecule has 17 heavy (non-hydrogen) atoms.